The van der Waals surface area contributed by atoms with Crippen molar-refractivity contribution in [3.63, 3.8) is 0 Å². The molecule has 0 saturated carbocycles. The van der Waals surface area contributed by atoms with Gasteiger partial charge in [-0.3, -0.25) is 14.8 Å². The number of alkyl halides is 5. The third-order valence-corrected chi connectivity index (χ3v) is 3.05. The monoisotopic (exact) mass is 312 g/mol. The molecule has 1 aromatic rings. The highest BCUT2D eigenvalue weighted by molar-refractivity contribution is 5.82. The van der Waals surface area contributed by atoms with Gasteiger partial charge in [-0.15, -0.1) is 0 Å². The molecule has 2 N–H and O–H groups in total. The van der Waals surface area contributed by atoms with Crippen molar-refractivity contribution in [2.45, 2.75) is 31.1 Å². The van der Waals surface area contributed by atoms with E-state index in [1.165, 1.54) is 7.05 Å². The molecule has 10 heteroatoms. The van der Waals surface area contributed by atoms with Crippen LogP contribution in [0.15, 0.2) is 6.20 Å². The Bertz CT molecular complexity index is 539. The van der Waals surface area contributed by atoms with E-state index < -0.39 is 49.3 Å². The first-order valence-electron chi connectivity index (χ1n) is 6.07. The summed E-state index contributed by atoms with van der Waals surface area (Å²) in [6, 6.07) is -1.11. The highest BCUT2D eigenvalue weighted by Gasteiger charge is 2.42. The summed E-state index contributed by atoms with van der Waals surface area (Å²) in [6.45, 7) is -1.04. The Hall–Kier alpha value is -1.71. The van der Waals surface area contributed by atoms with Crippen molar-refractivity contribution in [2.24, 2.45) is 7.05 Å². The summed E-state index contributed by atoms with van der Waals surface area (Å²) in [7, 11) is 1.32. The maximum atomic E-state index is 12.9. The number of rotatable bonds is 3. The van der Waals surface area contributed by atoms with Crippen LogP contribution < -0.4 is 10.6 Å². The average Bonchev–Trinajstić information content (AvgIpc) is 2.88. The Morgan fingerprint density at radius 2 is 2.24 bits per heavy atom. The molecule has 1 fully saturated rings. The second-order valence-electron chi connectivity index (χ2n) is 4.89. The highest BCUT2D eigenvalue weighted by Crippen LogP contribution is 2.30. The van der Waals surface area contributed by atoms with Gasteiger partial charge in [0.15, 0.2) is 5.69 Å². The molecule has 2 rings (SSSR count). The molecule has 0 spiro atoms. The molecular formula is C11H13F5N4O. The topological polar surface area (TPSA) is 59.0 Å². The Morgan fingerprint density at radius 3 is 2.76 bits per heavy atom. The maximum absolute atomic E-state index is 12.9. The number of nitrogens with zero attached hydrogens (tertiary/aromatic N) is 2. The first-order valence-corrected chi connectivity index (χ1v) is 6.07. The van der Waals surface area contributed by atoms with Crippen molar-refractivity contribution in [3.8, 4) is 0 Å². The Morgan fingerprint density at radius 1 is 1.57 bits per heavy atom. The molecule has 1 aromatic heterocycles. The molecule has 21 heavy (non-hydrogen) atoms. The van der Waals surface area contributed by atoms with Gasteiger partial charge in [0.1, 0.15) is 0 Å². The molecule has 1 atom stereocenters. The number of carbonyl (C=O) groups excluding carboxylic acids is 1. The van der Waals surface area contributed by atoms with Crippen molar-refractivity contribution in [3.05, 3.63) is 17.5 Å². The Balaban J connectivity index is 1.99. The van der Waals surface area contributed by atoms with E-state index in [1.54, 1.807) is 0 Å². The SMILES string of the molecule is Cn1cc(CNC(=O)C2CC(F)(F)CN2)c(C(F)(F)F)n1. The number of aromatic nitrogens is 2. The molecule has 0 bridgehead atoms. The minimum atomic E-state index is -4.64. The Kier molecular flexibility index (Phi) is 3.91. The van der Waals surface area contributed by atoms with Gasteiger partial charge in [0.2, 0.25) is 5.91 Å². The standard InChI is InChI=1S/C11H13F5N4O/c1-20-4-6(8(19-20)11(14,15)16)3-17-9(21)7-2-10(12,13)5-18-7/h4,7,18H,2-3,5H2,1H3,(H,17,21). The summed E-state index contributed by atoms with van der Waals surface area (Å²) in [6.07, 6.45) is -4.18. The van der Waals surface area contributed by atoms with Crippen LogP contribution >= 0.6 is 0 Å². The van der Waals surface area contributed by atoms with Gasteiger partial charge in [0, 0.05) is 31.8 Å². The molecule has 5 nitrogen and oxygen atoms in total. The van der Waals surface area contributed by atoms with E-state index in [-0.39, 0.29) is 5.56 Å². The van der Waals surface area contributed by atoms with E-state index in [1.807, 2.05) is 0 Å². The van der Waals surface area contributed by atoms with E-state index in [0.29, 0.717) is 0 Å². The predicted octanol–water partition coefficient (Wildman–Crippen LogP) is 1.05. The summed E-state index contributed by atoms with van der Waals surface area (Å²) < 4.78 is 64.9. The summed E-state index contributed by atoms with van der Waals surface area (Å²) in [5.74, 6) is -3.74. The van der Waals surface area contributed by atoms with Crippen LogP contribution in [0.1, 0.15) is 17.7 Å². The lowest BCUT2D eigenvalue weighted by Gasteiger charge is -2.11. The molecule has 1 aliphatic rings. The Labute approximate surface area is 116 Å². The largest absolute Gasteiger partial charge is 0.435 e. The van der Waals surface area contributed by atoms with Crippen molar-refractivity contribution in [2.75, 3.05) is 6.54 Å². The molecule has 1 saturated heterocycles. The number of halogens is 5. The highest BCUT2D eigenvalue weighted by atomic mass is 19.4. The number of hydrogen-bond donors (Lipinski definition) is 2. The molecular weight excluding hydrogens is 299 g/mol. The van der Waals surface area contributed by atoms with E-state index in [0.717, 1.165) is 10.9 Å². The molecule has 1 aliphatic heterocycles. The van der Waals surface area contributed by atoms with E-state index in [9.17, 15) is 26.7 Å². The average molecular weight is 312 g/mol. The van der Waals surface area contributed by atoms with Gasteiger partial charge in [-0.1, -0.05) is 0 Å². The van der Waals surface area contributed by atoms with Gasteiger partial charge in [-0.05, 0) is 0 Å². The molecule has 2 heterocycles. The van der Waals surface area contributed by atoms with Crippen LogP contribution in [-0.4, -0.2) is 34.2 Å². The first kappa shape index (κ1) is 15.7. The van der Waals surface area contributed by atoms with E-state index in [2.05, 4.69) is 15.7 Å². The first-order chi connectivity index (χ1) is 9.58. The molecule has 0 aliphatic carbocycles. The fourth-order valence-electron chi connectivity index (χ4n) is 2.11. The molecule has 0 aromatic carbocycles. The third kappa shape index (κ3) is 3.69. The van der Waals surface area contributed by atoms with Gasteiger partial charge in [0.25, 0.3) is 5.92 Å². The lowest BCUT2D eigenvalue weighted by atomic mass is 10.1. The minimum absolute atomic E-state index is 0.219. The van der Waals surface area contributed by atoms with Crippen LogP contribution in [0.5, 0.6) is 0 Å². The summed E-state index contributed by atoms with van der Waals surface area (Å²) in [5.41, 5.74) is -1.32. The summed E-state index contributed by atoms with van der Waals surface area (Å²) in [5, 5.41) is 7.83. The van der Waals surface area contributed by atoms with Gasteiger partial charge >= 0.3 is 6.18 Å². The number of aryl methyl sites for hydroxylation is 1. The van der Waals surface area contributed by atoms with Crippen LogP contribution in [0.2, 0.25) is 0 Å². The number of hydrogen-bond acceptors (Lipinski definition) is 3. The van der Waals surface area contributed by atoms with Crippen molar-refractivity contribution < 1.29 is 26.7 Å². The van der Waals surface area contributed by atoms with Crippen LogP contribution in [0.25, 0.3) is 0 Å². The smallest absolute Gasteiger partial charge is 0.351 e. The van der Waals surface area contributed by atoms with E-state index >= 15 is 0 Å². The van der Waals surface area contributed by atoms with Crippen molar-refractivity contribution in [1.29, 1.82) is 0 Å². The van der Waals surface area contributed by atoms with Gasteiger partial charge in [-0.25, -0.2) is 8.78 Å². The fraction of sp³-hybridized carbons (Fsp3) is 0.636. The third-order valence-electron chi connectivity index (χ3n) is 3.05. The second kappa shape index (κ2) is 5.24. The zero-order chi connectivity index (χ0) is 15.8. The summed E-state index contributed by atoms with van der Waals surface area (Å²) >= 11 is 0. The normalized spacial score (nSPS) is 21.5. The molecule has 1 unspecified atom stereocenters. The fourth-order valence-corrected chi connectivity index (χ4v) is 2.11. The summed E-state index contributed by atoms with van der Waals surface area (Å²) in [4.78, 5) is 11.7. The zero-order valence-electron chi connectivity index (χ0n) is 11.0. The van der Waals surface area contributed by atoms with Gasteiger partial charge < -0.3 is 5.32 Å². The van der Waals surface area contributed by atoms with Crippen molar-refractivity contribution >= 4 is 5.91 Å². The molecule has 118 valence electrons. The van der Waals surface area contributed by atoms with Crippen LogP contribution in [0, 0.1) is 0 Å². The number of amides is 1. The van der Waals surface area contributed by atoms with Crippen LogP contribution in [0.3, 0.4) is 0 Å². The molecule has 0 radical (unpaired) electrons. The minimum Gasteiger partial charge on any atom is -0.351 e. The van der Waals surface area contributed by atoms with Crippen LogP contribution in [0.4, 0.5) is 22.0 Å². The van der Waals surface area contributed by atoms with Gasteiger partial charge in [0.05, 0.1) is 12.6 Å². The number of carbonyl (C=O) groups is 1. The molecule has 1 amide bonds. The van der Waals surface area contributed by atoms with Gasteiger partial charge in [-0.2, -0.15) is 18.3 Å². The number of nitrogens with one attached hydrogen (secondary N) is 2. The lowest BCUT2D eigenvalue weighted by molar-refractivity contribution is -0.142. The van der Waals surface area contributed by atoms with Crippen molar-refractivity contribution in [1.82, 2.24) is 20.4 Å². The second-order valence-corrected chi connectivity index (χ2v) is 4.89. The van der Waals surface area contributed by atoms with E-state index in [4.69, 9.17) is 0 Å². The quantitative estimate of drug-likeness (QED) is 0.820. The van der Waals surface area contributed by atoms with Crippen LogP contribution in [-0.2, 0) is 24.6 Å². The maximum Gasteiger partial charge on any atom is 0.435 e. The zero-order valence-corrected chi connectivity index (χ0v) is 11.0. The lowest BCUT2D eigenvalue weighted by Crippen LogP contribution is -2.40. The predicted molar refractivity (Wildman–Crippen MR) is 61.4 cm³/mol.